The molecule has 1 amide bonds. The first-order chi connectivity index (χ1) is 8.03. The maximum absolute atomic E-state index is 11.5. The Kier molecular flexibility index (Phi) is 6.56. The van der Waals surface area contributed by atoms with E-state index in [0.717, 1.165) is 12.8 Å². The largest absolute Gasteiger partial charge is 0.347 e. The second-order valence-corrected chi connectivity index (χ2v) is 6.79. The Morgan fingerprint density at radius 1 is 1.28 bits per heavy atom. The van der Waals surface area contributed by atoms with Gasteiger partial charge >= 0.3 is 0 Å². The molecular formula is C12H23NO4S. The molecule has 106 valence electrons. The van der Waals surface area contributed by atoms with Crippen molar-refractivity contribution >= 4 is 16.0 Å². The molecule has 0 saturated heterocycles. The Labute approximate surface area is 109 Å². The minimum Gasteiger partial charge on any atom is -0.347 e. The van der Waals surface area contributed by atoms with Gasteiger partial charge in [0.1, 0.15) is 0 Å². The molecule has 0 aliphatic heterocycles. The van der Waals surface area contributed by atoms with E-state index in [1.54, 1.807) is 6.92 Å². The van der Waals surface area contributed by atoms with Crippen molar-refractivity contribution in [1.82, 2.24) is 5.32 Å². The van der Waals surface area contributed by atoms with Crippen LogP contribution in [0.2, 0.25) is 0 Å². The molecular weight excluding hydrogens is 254 g/mol. The van der Waals surface area contributed by atoms with Crippen LogP contribution in [0.5, 0.6) is 0 Å². The predicted octanol–water partition coefficient (Wildman–Crippen LogP) is 1.91. The van der Waals surface area contributed by atoms with Gasteiger partial charge in [0.15, 0.2) is 0 Å². The van der Waals surface area contributed by atoms with Gasteiger partial charge in [0, 0.05) is 11.1 Å². The van der Waals surface area contributed by atoms with E-state index in [2.05, 4.69) is 11.9 Å². The van der Waals surface area contributed by atoms with E-state index in [1.807, 2.05) is 13.8 Å². The first-order valence-electron chi connectivity index (χ1n) is 5.97. The van der Waals surface area contributed by atoms with Crippen LogP contribution >= 0.6 is 0 Å². The molecule has 0 aromatic carbocycles. The van der Waals surface area contributed by atoms with Gasteiger partial charge in [0.05, 0.1) is 5.75 Å². The smallest absolute Gasteiger partial charge is 0.264 e. The van der Waals surface area contributed by atoms with E-state index in [9.17, 15) is 13.2 Å². The summed E-state index contributed by atoms with van der Waals surface area (Å²) in [6, 6.07) is 0. The van der Waals surface area contributed by atoms with Crippen LogP contribution in [0.1, 0.15) is 46.5 Å². The van der Waals surface area contributed by atoms with Gasteiger partial charge in [-0.1, -0.05) is 19.4 Å². The third-order valence-corrected chi connectivity index (χ3v) is 3.35. The summed E-state index contributed by atoms with van der Waals surface area (Å²) in [6.45, 7) is 9.05. The Hall–Kier alpha value is -0.880. The van der Waals surface area contributed by atoms with Crippen LogP contribution in [-0.4, -0.2) is 30.2 Å². The molecule has 0 atom stereocenters. The van der Waals surface area contributed by atoms with E-state index in [1.165, 1.54) is 0 Å². The number of rotatable bonds is 8. The maximum atomic E-state index is 11.5. The van der Waals surface area contributed by atoms with Crippen LogP contribution in [-0.2, 0) is 14.9 Å². The normalized spacial score (nSPS) is 12.2. The summed E-state index contributed by atoms with van der Waals surface area (Å²) in [4.78, 5) is 11.5. The van der Waals surface area contributed by atoms with Crippen molar-refractivity contribution in [2.45, 2.75) is 52.0 Å². The van der Waals surface area contributed by atoms with E-state index < -0.39 is 10.1 Å². The number of unbranched alkanes of at least 4 members (excludes halogenated alkanes) is 2. The minimum absolute atomic E-state index is 0.169. The topological polar surface area (TPSA) is 83.5 Å². The highest BCUT2D eigenvalue weighted by Crippen LogP contribution is 2.14. The molecule has 0 aliphatic rings. The van der Waals surface area contributed by atoms with Crippen LogP contribution in [0.25, 0.3) is 0 Å². The van der Waals surface area contributed by atoms with Gasteiger partial charge in [-0.15, -0.1) is 0 Å². The molecule has 5 nitrogen and oxygen atoms in total. The summed E-state index contributed by atoms with van der Waals surface area (Å²) in [6.07, 6.45) is 2.67. The van der Waals surface area contributed by atoms with Gasteiger partial charge in [-0.3, -0.25) is 9.35 Å². The lowest BCUT2D eigenvalue weighted by Gasteiger charge is -2.26. The number of amides is 1. The van der Waals surface area contributed by atoms with Crippen molar-refractivity contribution in [1.29, 1.82) is 0 Å². The van der Waals surface area contributed by atoms with Crippen molar-refractivity contribution in [2.75, 3.05) is 5.75 Å². The molecule has 0 unspecified atom stereocenters. The molecule has 0 saturated carbocycles. The van der Waals surface area contributed by atoms with Crippen LogP contribution in [0, 0.1) is 0 Å². The number of carbonyl (C=O) groups excluding carboxylic acids is 1. The Morgan fingerprint density at radius 3 is 2.28 bits per heavy atom. The monoisotopic (exact) mass is 277 g/mol. The number of carbonyl (C=O) groups is 1. The van der Waals surface area contributed by atoms with Crippen LogP contribution in [0.15, 0.2) is 12.2 Å². The quantitative estimate of drug-likeness (QED) is 0.403. The van der Waals surface area contributed by atoms with Gasteiger partial charge < -0.3 is 5.32 Å². The maximum Gasteiger partial charge on any atom is 0.264 e. The van der Waals surface area contributed by atoms with Crippen molar-refractivity contribution in [3.8, 4) is 0 Å². The lowest BCUT2D eigenvalue weighted by Crippen LogP contribution is -2.43. The standard InChI is InChI=1S/C12H23NO4S/c1-10(2)11(14)13-12(3,4)8-6-5-7-9-18(15,16)17/h1,5-9H2,2-4H3,(H,13,14)(H,15,16,17). The predicted molar refractivity (Wildman–Crippen MR) is 71.9 cm³/mol. The second-order valence-electron chi connectivity index (χ2n) is 5.22. The zero-order valence-corrected chi connectivity index (χ0v) is 12.1. The molecule has 0 aliphatic carbocycles. The summed E-state index contributed by atoms with van der Waals surface area (Å²) < 4.78 is 29.6. The van der Waals surface area contributed by atoms with Crippen molar-refractivity contribution in [3.05, 3.63) is 12.2 Å². The van der Waals surface area contributed by atoms with Crippen molar-refractivity contribution in [2.24, 2.45) is 0 Å². The van der Waals surface area contributed by atoms with Crippen LogP contribution < -0.4 is 5.32 Å². The fraction of sp³-hybridized carbons (Fsp3) is 0.750. The molecule has 0 aromatic heterocycles. The molecule has 0 fully saturated rings. The SMILES string of the molecule is C=C(C)C(=O)NC(C)(C)CCCCCS(=O)(=O)O. The molecule has 0 aromatic rings. The fourth-order valence-corrected chi connectivity index (χ4v) is 2.07. The van der Waals surface area contributed by atoms with Crippen molar-refractivity contribution in [3.63, 3.8) is 0 Å². The molecule has 18 heavy (non-hydrogen) atoms. The van der Waals surface area contributed by atoms with Crippen LogP contribution in [0.3, 0.4) is 0 Å². The minimum atomic E-state index is -3.85. The van der Waals surface area contributed by atoms with Gasteiger partial charge in [0.25, 0.3) is 10.1 Å². The molecule has 0 spiro atoms. The lowest BCUT2D eigenvalue weighted by atomic mass is 9.96. The first-order valence-corrected chi connectivity index (χ1v) is 7.57. The van der Waals surface area contributed by atoms with Gasteiger partial charge in [-0.2, -0.15) is 8.42 Å². The molecule has 0 bridgehead atoms. The Morgan fingerprint density at radius 2 is 1.83 bits per heavy atom. The first kappa shape index (κ1) is 17.1. The van der Waals surface area contributed by atoms with Crippen molar-refractivity contribution < 1.29 is 17.8 Å². The van der Waals surface area contributed by atoms with E-state index in [-0.39, 0.29) is 17.2 Å². The number of hydrogen-bond acceptors (Lipinski definition) is 3. The fourth-order valence-electron chi connectivity index (χ4n) is 1.50. The number of hydrogen-bond donors (Lipinski definition) is 2. The Balaban J connectivity index is 3.91. The molecule has 6 heteroatoms. The summed E-state index contributed by atoms with van der Waals surface area (Å²) in [5, 5.41) is 2.86. The molecule has 0 rings (SSSR count). The number of nitrogens with one attached hydrogen (secondary N) is 1. The zero-order chi connectivity index (χ0) is 14.4. The Bertz CT molecular complexity index is 398. The highest BCUT2D eigenvalue weighted by molar-refractivity contribution is 7.85. The average Bonchev–Trinajstić information content (AvgIpc) is 2.14. The summed E-state index contributed by atoms with van der Waals surface area (Å²) in [5.41, 5.74) is 0.128. The zero-order valence-electron chi connectivity index (χ0n) is 11.3. The molecule has 0 heterocycles. The van der Waals surface area contributed by atoms with E-state index in [4.69, 9.17) is 4.55 Å². The van der Waals surface area contributed by atoms with Gasteiger partial charge in [-0.25, -0.2) is 0 Å². The summed E-state index contributed by atoms with van der Waals surface area (Å²) >= 11 is 0. The summed E-state index contributed by atoms with van der Waals surface area (Å²) in [7, 11) is -3.85. The lowest BCUT2D eigenvalue weighted by molar-refractivity contribution is -0.119. The molecule has 2 N–H and O–H groups in total. The molecule has 0 radical (unpaired) electrons. The van der Waals surface area contributed by atoms with E-state index in [0.29, 0.717) is 18.4 Å². The second kappa shape index (κ2) is 6.89. The van der Waals surface area contributed by atoms with E-state index >= 15 is 0 Å². The van der Waals surface area contributed by atoms with Crippen LogP contribution in [0.4, 0.5) is 0 Å². The van der Waals surface area contributed by atoms with Gasteiger partial charge in [-0.05, 0) is 33.6 Å². The van der Waals surface area contributed by atoms with Gasteiger partial charge in [0.2, 0.25) is 5.91 Å². The highest BCUT2D eigenvalue weighted by atomic mass is 32.2. The summed E-state index contributed by atoms with van der Waals surface area (Å²) in [5.74, 6) is -0.371. The third-order valence-electron chi connectivity index (χ3n) is 2.54. The third kappa shape index (κ3) is 9.18. The average molecular weight is 277 g/mol. The highest BCUT2D eigenvalue weighted by Gasteiger charge is 2.19.